The van der Waals surface area contributed by atoms with Crippen LogP contribution in [0.4, 0.5) is 5.69 Å². The molecule has 122 valence electrons. The van der Waals surface area contributed by atoms with Crippen molar-refractivity contribution in [2.45, 2.75) is 11.8 Å². The largest absolute Gasteiger partial charge is 0.478 e. The van der Waals surface area contributed by atoms with E-state index in [1.807, 2.05) is 19.1 Å². The maximum absolute atomic E-state index is 12.7. The van der Waals surface area contributed by atoms with Gasteiger partial charge in [-0.1, -0.05) is 30.3 Å². The number of hydrogen-bond acceptors (Lipinski definition) is 3. The van der Waals surface area contributed by atoms with E-state index in [0.717, 1.165) is 10.9 Å². The molecule has 0 spiro atoms. The van der Waals surface area contributed by atoms with Gasteiger partial charge in [0.1, 0.15) is 0 Å². The molecular weight excluding hydrogens is 326 g/mol. The number of fused-ring (bicyclic) bond motifs is 1. The fraction of sp³-hybridized carbons (Fsp3) is 0.0556. The average Bonchev–Trinajstić information content (AvgIpc) is 2.55. The van der Waals surface area contributed by atoms with Crippen LogP contribution in [0, 0.1) is 6.92 Å². The van der Waals surface area contributed by atoms with E-state index in [-0.39, 0.29) is 10.5 Å². The van der Waals surface area contributed by atoms with Gasteiger partial charge in [0.2, 0.25) is 0 Å². The van der Waals surface area contributed by atoms with Gasteiger partial charge in [-0.3, -0.25) is 4.72 Å². The molecule has 0 saturated heterocycles. The summed E-state index contributed by atoms with van der Waals surface area (Å²) in [6.45, 7) is 1.93. The van der Waals surface area contributed by atoms with E-state index in [9.17, 15) is 13.2 Å². The smallest absolute Gasteiger partial charge is 0.335 e. The number of aryl methyl sites for hydroxylation is 1. The summed E-state index contributed by atoms with van der Waals surface area (Å²) in [5.74, 6) is -1.06. The highest BCUT2D eigenvalue weighted by molar-refractivity contribution is 7.93. The lowest BCUT2D eigenvalue weighted by atomic mass is 10.1. The van der Waals surface area contributed by atoms with Crippen LogP contribution in [0.25, 0.3) is 10.8 Å². The lowest BCUT2D eigenvalue weighted by molar-refractivity contribution is 0.0697. The van der Waals surface area contributed by atoms with Crippen molar-refractivity contribution in [2.75, 3.05) is 4.72 Å². The van der Waals surface area contributed by atoms with E-state index in [2.05, 4.69) is 4.72 Å². The van der Waals surface area contributed by atoms with Crippen LogP contribution in [-0.2, 0) is 10.0 Å². The molecule has 0 aromatic heterocycles. The molecule has 6 heteroatoms. The molecule has 0 saturated carbocycles. The van der Waals surface area contributed by atoms with Crippen LogP contribution in [0.15, 0.2) is 65.6 Å². The third-order valence-electron chi connectivity index (χ3n) is 3.78. The number of carbonyl (C=O) groups is 1. The molecule has 0 heterocycles. The molecule has 2 N–H and O–H groups in total. The van der Waals surface area contributed by atoms with Crippen molar-refractivity contribution < 1.29 is 18.3 Å². The van der Waals surface area contributed by atoms with E-state index < -0.39 is 16.0 Å². The first kappa shape index (κ1) is 16.0. The van der Waals surface area contributed by atoms with Crippen LogP contribution in [-0.4, -0.2) is 19.5 Å². The van der Waals surface area contributed by atoms with E-state index in [0.29, 0.717) is 11.1 Å². The van der Waals surface area contributed by atoms with E-state index in [4.69, 9.17) is 5.11 Å². The normalized spacial score (nSPS) is 11.4. The van der Waals surface area contributed by atoms with Gasteiger partial charge in [-0.25, -0.2) is 13.2 Å². The summed E-state index contributed by atoms with van der Waals surface area (Å²) in [5.41, 5.74) is 1.40. The highest BCUT2D eigenvalue weighted by Gasteiger charge is 2.18. The third kappa shape index (κ3) is 2.96. The summed E-state index contributed by atoms with van der Waals surface area (Å²) >= 11 is 0. The molecule has 0 bridgehead atoms. The summed E-state index contributed by atoms with van der Waals surface area (Å²) in [7, 11) is -3.79. The number of carboxylic acid groups (broad SMARTS) is 1. The monoisotopic (exact) mass is 341 g/mol. The topological polar surface area (TPSA) is 83.5 Å². The van der Waals surface area contributed by atoms with Gasteiger partial charge in [0, 0.05) is 11.1 Å². The second-order valence-corrected chi connectivity index (χ2v) is 7.07. The zero-order chi connectivity index (χ0) is 17.3. The second-order valence-electron chi connectivity index (χ2n) is 5.41. The van der Waals surface area contributed by atoms with Gasteiger partial charge in [-0.05, 0) is 48.2 Å². The lowest BCUT2D eigenvalue weighted by Gasteiger charge is -2.12. The Morgan fingerprint density at radius 1 is 0.917 bits per heavy atom. The Balaban J connectivity index is 2.02. The molecule has 24 heavy (non-hydrogen) atoms. The summed E-state index contributed by atoms with van der Waals surface area (Å²) in [5, 5.41) is 10.4. The van der Waals surface area contributed by atoms with Crippen molar-refractivity contribution in [3.05, 3.63) is 71.8 Å². The molecule has 3 rings (SSSR count). The number of anilines is 1. The summed E-state index contributed by atoms with van der Waals surface area (Å²) in [4.78, 5) is 11.0. The molecule has 0 aliphatic heterocycles. The minimum absolute atomic E-state index is 0.0960. The summed E-state index contributed by atoms with van der Waals surface area (Å²) < 4.78 is 27.9. The quantitative estimate of drug-likeness (QED) is 0.759. The van der Waals surface area contributed by atoms with Gasteiger partial charge >= 0.3 is 5.97 Å². The fourth-order valence-corrected chi connectivity index (χ4v) is 3.82. The van der Waals surface area contributed by atoms with E-state index >= 15 is 0 Å². The Kier molecular flexibility index (Phi) is 3.99. The SMILES string of the molecule is Cc1ccc(S(=O)(=O)Nc2ccc(C(=O)O)cc2)c2ccccc12. The van der Waals surface area contributed by atoms with Crippen LogP contribution < -0.4 is 4.72 Å². The first-order valence-electron chi connectivity index (χ1n) is 7.23. The van der Waals surface area contributed by atoms with Gasteiger partial charge < -0.3 is 5.11 Å². The summed E-state index contributed by atoms with van der Waals surface area (Å²) in [6, 6.07) is 16.2. The van der Waals surface area contributed by atoms with Crippen molar-refractivity contribution in [1.82, 2.24) is 0 Å². The van der Waals surface area contributed by atoms with Gasteiger partial charge in [-0.15, -0.1) is 0 Å². The molecule has 0 amide bonds. The Morgan fingerprint density at radius 3 is 2.17 bits per heavy atom. The number of nitrogens with one attached hydrogen (secondary N) is 1. The predicted molar refractivity (Wildman–Crippen MR) is 92.9 cm³/mol. The highest BCUT2D eigenvalue weighted by Crippen LogP contribution is 2.27. The van der Waals surface area contributed by atoms with Crippen molar-refractivity contribution in [3.8, 4) is 0 Å². The van der Waals surface area contributed by atoms with E-state index in [1.165, 1.54) is 24.3 Å². The molecule has 3 aromatic carbocycles. The average molecular weight is 341 g/mol. The Hall–Kier alpha value is -2.86. The molecule has 3 aromatic rings. The van der Waals surface area contributed by atoms with Gasteiger partial charge in [0.05, 0.1) is 10.5 Å². The Bertz CT molecular complexity index is 1020. The molecule has 0 aliphatic carbocycles. The molecule has 0 aliphatic rings. The second kappa shape index (κ2) is 5.98. The Labute approximate surface area is 139 Å². The lowest BCUT2D eigenvalue weighted by Crippen LogP contribution is -2.13. The maximum atomic E-state index is 12.7. The minimum atomic E-state index is -3.79. The predicted octanol–water partition coefficient (Wildman–Crippen LogP) is 3.65. The maximum Gasteiger partial charge on any atom is 0.335 e. The molecule has 0 radical (unpaired) electrons. The number of benzene rings is 3. The van der Waals surface area contributed by atoms with Gasteiger partial charge in [0.25, 0.3) is 10.0 Å². The summed E-state index contributed by atoms with van der Waals surface area (Å²) in [6.07, 6.45) is 0. The zero-order valence-electron chi connectivity index (χ0n) is 12.9. The van der Waals surface area contributed by atoms with Crippen LogP contribution in [0.2, 0.25) is 0 Å². The van der Waals surface area contributed by atoms with Crippen LogP contribution in [0.1, 0.15) is 15.9 Å². The van der Waals surface area contributed by atoms with Crippen LogP contribution in [0.5, 0.6) is 0 Å². The number of hydrogen-bond donors (Lipinski definition) is 2. The molecule has 5 nitrogen and oxygen atoms in total. The standard InChI is InChI=1S/C18H15NO4S/c1-12-6-11-17(16-5-3-2-4-15(12)16)24(22,23)19-14-9-7-13(8-10-14)18(20)21/h2-11,19H,1H3,(H,20,21). The first-order chi connectivity index (χ1) is 11.4. The van der Waals surface area contributed by atoms with Crippen molar-refractivity contribution in [1.29, 1.82) is 0 Å². The Morgan fingerprint density at radius 2 is 1.54 bits per heavy atom. The molecule has 0 atom stereocenters. The van der Waals surface area contributed by atoms with Crippen LogP contribution in [0.3, 0.4) is 0 Å². The molecule has 0 fully saturated rings. The molecular formula is C18H15NO4S. The van der Waals surface area contributed by atoms with Crippen molar-refractivity contribution in [3.63, 3.8) is 0 Å². The number of carboxylic acids is 1. The fourth-order valence-electron chi connectivity index (χ4n) is 2.55. The van der Waals surface area contributed by atoms with Crippen molar-refractivity contribution in [2.24, 2.45) is 0 Å². The minimum Gasteiger partial charge on any atom is -0.478 e. The number of aromatic carboxylic acids is 1. The number of sulfonamides is 1. The first-order valence-corrected chi connectivity index (χ1v) is 8.71. The van der Waals surface area contributed by atoms with E-state index in [1.54, 1.807) is 24.3 Å². The third-order valence-corrected chi connectivity index (χ3v) is 5.22. The van der Waals surface area contributed by atoms with Crippen LogP contribution >= 0.6 is 0 Å². The molecule has 0 unspecified atom stereocenters. The zero-order valence-corrected chi connectivity index (χ0v) is 13.7. The highest BCUT2D eigenvalue weighted by atomic mass is 32.2. The van der Waals surface area contributed by atoms with Gasteiger partial charge in [0.15, 0.2) is 0 Å². The van der Waals surface area contributed by atoms with Crippen molar-refractivity contribution >= 4 is 32.5 Å². The van der Waals surface area contributed by atoms with Gasteiger partial charge in [-0.2, -0.15) is 0 Å². The number of rotatable bonds is 4.